The van der Waals surface area contributed by atoms with E-state index < -0.39 is 0 Å². The van der Waals surface area contributed by atoms with Gasteiger partial charge < -0.3 is 24.4 Å². The fourth-order valence-corrected chi connectivity index (χ4v) is 2.89. The molecule has 1 aliphatic heterocycles. The fraction of sp³-hybridized carbons (Fsp3) is 0.273. The average molecular weight is 396 g/mol. The number of benzene rings is 2. The molecule has 1 N–H and O–H groups in total. The Morgan fingerprint density at radius 3 is 2.03 bits per heavy atom. The van der Waals surface area contributed by atoms with Crippen molar-refractivity contribution in [1.29, 1.82) is 0 Å². The first-order valence-corrected chi connectivity index (χ1v) is 9.29. The summed E-state index contributed by atoms with van der Waals surface area (Å²) in [5.74, 6) is 0.755. The summed E-state index contributed by atoms with van der Waals surface area (Å²) in [6.07, 6.45) is 1.67. The second kappa shape index (κ2) is 9.75. The smallest absolute Gasteiger partial charge is 0.270 e. The molecule has 0 radical (unpaired) electrons. The van der Waals surface area contributed by atoms with Gasteiger partial charge in [-0.1, -0.05) is 12.1 Å². The van der Waals surface area contributed by atoms with Gasteiger partial charge in [-0.3, -0.25) is 9.59 Å². The lowest BCUT2D eigenvalue weighted by atomic mass is 10.1. The molecular formula is C22H24N2O5. The van der Waals surface area contributed by atoms with E-state index in [1.54, 1.807) is 61.6 Å². The molecule has 7 nitrogen and oxygen atoms in total. The topological polar surface area (TPSA) is 77.1 Å². The number of hydrogen-bond donors (Lipinski definition) is 1. The van der Waals surface area contributed by atoms with Crippen LogP contribution in [0.5, 0.6) is 11.5 Å². The number of carbonyl (C=O) groups excluding carboxylic acids is 2. The minimum absolute atomic E-state index is 0.206. The predicted octanol–water partition coefficient (Wildman–Crippen LogP) is 2.33. The van der Waals surface area contributed by atoms with Crippen molar-refractivity contribution in [3.05, 3.63) is 65.4 Å². The molecule has 0 bridgehead atoms. The summed E-state index contributed by atoms with van der Waals surface area (Å²) in [4.78, 5) is 27.4. The highest BCUT2D eigenvalue weighted by atomic mass is 16.5. The van der Waals surface area contributed by atoms with E-state index in [4.69, 9.17) is 14.2 Å². The highest BCUT2D eigenvalue weighted by molar-refractivity contribution is 6.05. The van der Waals surface area contributed by atoms with Crippen molar-refractivity contribution in [1.82, 2.24) is 10.2 Å². The van der Waals surface area contributed by atoms with E-state index in [0.717, 1.165) is 5.56 Å². The Labute approximate surface area is 169 Å². The van der Waals surface area contributed by atoms with Crippen LogP contribution in [-0.2, 0) is 9.53 Å². The lowest BCUT2D eigenvalue weighted by Gasteiger charge is -2.27. The van der Waals surface area contributed by atoms with Crippen molar-refractivity contribution in [3.8, 4) is 11.5 Å². The Balaban J connectivity index is 1.85. The van der Waals surface area contributed by atoms with Crippen molar-refractivity contribution < 1.29 is 23.8 Å². The molecule has 0 unspecified atom stereocenters. The van der Waals surface area contributed by atoms with E-state index in [0.29, 0.717) is 43.4 Å². The van der Waals surface area contributed by atoms with Crippen molar-refractivity contribution in [3.63, 3.8) is 0 Å². The first-order chi connectivity index (χ1) is 14.1. The Hall–Kier alpha value is -3.32. The predicted molar refractivity (Wildman–Crippen MR) is 109 cm³/mol. The number of carbonyl (C=O) groups is 2. The highest BCUT2D eigenvalue weighted by Gasteiger charge is 2.22. The normalized spacial score (nSPS) is 14.3. The van der Waals surface area contributed by atoms with Gasteiger partial charge >= 0.3 is 0 Å². The van der Waals surface area contributed by atoms with E-state index in [9.17, 15) is 9.59 Å². The zero-order valence-electron chi connectivity index (χ0n) is 16.5. The van der Waals surface area contributed by atoms with Crippen LogP contribution in [0.1, 0.15) is 15.9 Å². The van der Waals surface area contributed by atoms with Gasteiger partial charge in [0.25, 0.3) is 11.8 Å². The largest absolute Gasteiger partial charge is 0.497 e. The van der Waals surface area contributed by atoms with E-state index in [1.165, 1.54) is 0 Å². The van der Waals surface area contributed by atoms with Crippen LogP contribution in [-0.4, -0.2) is 57.2 Å². The lowest BCUT2D eigenvalue weighted by Crippen LogP contribution is -2.44. The molecule has 0 atom stereocenters. The summed E-state index contributed by atoms with van der Waals surface area (Å²) in [7, 11) is 3.15. The number of rotatable bonds is 6. The van der Waals surface area contributed by atoms with E-state index in [2.05, 4.69) is 5.32 Å². The van der Waals surface area contributed by atoms with Gasteiger partial charge in [-0.2, -0.15) is 0 Å². The number of nitrogens with one attached hydrogen (secondary N) is 1. The molecule has 2 aromatic carbocycles. The maximum atomic E-state index is 13.0. The Morgan fingerprint density at radius 2 is 1.48 bits per heavy atom. The van der Waals surface area contributed by atoms with Gasteiger partial charge in [-0.25, -0.2) is 0 Å². The Bertz CT molecular complexity index is 869. The standard InChI is InChI=1S/C22H24N2O5/c1-27-18-7-3-16(4-8-18)15-20(22(26)24-11-13-29-14-12-24)23-21(25)17-5-9-19(28-2)10-6-17/h3-10,15H,11-14H2,1-2H3,(H,23,25)/b20-15-. The molecule has 0 aliphatic carbocycles. The van der Waals surface area contributed by atoms with Crippen LogP contribution in [0.2, 0.25) is 0 Å². The van der Waals surface area contributed by atoms with Crippen molar-refractivity contribution >= 4 is 17.9 Å². The monoisotopic (exact) mass is 396 g/mol. The lowest BCUT2D eigenvalue weighted by molar-refractivity contribution is -0.131. The van der Waals surface area contributed by atoms with E-state index in [-0.39, 0.29) is 17.5 Å². The minimum Gasteiger partial charge on any atom is -0.497 e. The second-order valence-electron chi connectivity index (χ2n) is 6.42. The third kappa shape index (κ3) is 5.36. The molecule has 29 heavy (non-hydrogen) atoms. The molecule has 1 fully saturated rings. The summed E-state index contributed by atoms with van der Waals surface area (Å²) < 4.78 is 15.6. The molecule has 0 saturated carbocycles. The number of nitrogens with zero attached hydrogens (tertiary/aromatic N) is 1. The molecule has 0 spiro atoms. The number of hydrogen-bond acceptors (Lipinski definition) is 5. The maximum Gasteiger partial charge on any atom is 0.270 e. The van der Waals surface area contributed by atoms with Gasteiger partial charge in [-0.05, 0) is 48.0 Å². The van der Waals surface area contributed by atoms with E-state index in [1.807, 2.05) is 12.1 Å². The highest BCUT2D eigenvalue weighted by Crippen LogP contribution is 2.16. The first kappa shape index (κ1) is 20.4. The Morgan fingerprint density at radius 1 is 0.931 bits per heavy atom. The summed E-state index contributed by atoms with van der Waals surface area (Å²) in [6.45, 7) is 1.93. The molecule has 1 aliphatic rings. The van der Waals surface area contributed by atoms with Crippen molar-refractivity contribution in [2.45, 2.75) is 0 Å². The summed E-state index contributed by atoms with van der Waals surface area (Å²) in [6, 6.07) is 14.0. The van der Waals surface area contributed by atoms with E-state index >= 15 is 0 Å². The second-order valence-corrected chi connectivity index (χ2v) is 6.42. The molecule has 7 heteroatoms. The average Bonchev–Trinajstić information content (AvgIpc) is 2.79. The summed E-state index contributed by atoms with van der Waals surface area (Å²) >= 11 is 0. The van der Waals surface area contributed by atoms with Crippen LogP contribution in [0.3, 0.4) is 0 Å². The first-order valence-electron chi connectivity index (χ1n) is 9.29. The van der Waals surface area contributed by atoms with Crippen LogP contribution >= 0.6 is 0 Å². The summed E-state index contributed by atoms with van der Waals surface area (Å²) in [5, 5.41) is 2.76. The quantitative estimate of drug-likeness (QED) is 0.759. The van der Waals surface area contributed by atoms with Gasteiger partial charge in [0.1, 0.15) is 17.2 Å². The van der Waals surface area contributed by atoms with Gasteiger partial charge in [0, 0.05) is 18.7 Å². The number of ether oxygens (including phenoxy) is 3. The minimum atomic E-state index is -0.367. The van der Waals surface area contributed by atoms with Crippen molar-refractivity contribution in [2.75, 3.05) is 40.5 Å². The van der Waals surface area contributed by atoms with Gasteiger partial charge in [0.2, 0.25) is 0 Å². The molecule has 3 rings (SSSR count). The van der Waals surface area contributed by atoms with Crippen LogP contribution in [0.4, 0.5) is 0 Å². The van der Waals surface area contributed by atoms with Gasteiger partial charge in [-0.15, -0.1) is 0 Å². The molecule has 2 amide bonds. The van der Waals surface area contributed by atoms with Crippen molar-refractivity contribution in [2.24, 2.45) is 0 Å². The maximum absolute atomic E-state index is 13.0. The SMILES string of the molecule is COc1ccc(/C=C(\NC(=O)c2ccc(OC)cc2)C(=O)N2CCOCC2)cc1. The van der Waals surface area contributed by atoms with Gasteiger partial charge in [0.15, 0.2) is 0 Å². The molecule has 1 saturated heterocycles. The number of amides is 2. The summed E-state index contributed by atoms with van der Waals surface area (Å²) in [5.41, 5.74) is 1.41. The Kier molecular flexibility index (Phi) is 6.86. The molecule has 2 aromatic rings. The zero-order chi connectivity index (χ0) is 20.6. The van der Waals surface area contributed by atoms with Crippen LogP contribution < -0.4 is 14.8 Å². The molecule has 1 heterocycles. The number of morpholine rings is 1. The molecular weight excluding hydrogens is 372 g/mol. The van der Waals surface area contributed by atoms with Crippen LogP contribution in [0, 0.1) is 0 Å². The molecule has 152 valence electrons. The third-order valence-corrected chi connectivity index (χ3v) is 4.56. The van der Waals surface area contributed by atoms with Crippen LogP contribution in [0.15, 0.2) is 54.2 Å². The zero-order valence-corrected chi connectivity index (χ0v) is 16.5. The molecule has 0 aromatic heterocycles. The van der Waals surface area contributed by atoms with Gasteiger partial charge in [0.05, 0.1) is 27.4 Å². The third-order valence-electron chi connectivity index (χ3n) is 4.56. The fourth-order valence-electron chi connectivity index (χ4n) is 2.89. The van der Waals surface area contributed by atoms with Crippen LogP contribution in [0.25, 0.3) is 6.08 Å². The number of methoxy groups -OCH3 is 2.